The molecule has 3 aromatic rings. The van der Waals surface area contributed by atoms with Crippen LogP contribution in [0, 0.1) is 22.2 Å². The molecule has 1 saturated carbocycles. The number of aryl methyl sites for hydroxylation is 1. The number of nitrogens with one attached hydrogen (secondary N) is 1. The number of hydrogen-bond donors (Lipinski definition) is 1. The van der Waals surface area contributed by atoms with Gasteiger partial charge in [0, 0.05) is 42.2 Å². The molecule has 9 heteroatoms. The number of ether oxygens (including phenoxy) is 2. The Morgan fingerprint density at radius 3 is 2.49 bits per heavy atom. The van der Waals surface area contributed by atoms with Crippen molar-refractivity contribution >= 4 is 17.5 Å². The van der Waals surface area contributed by atoms with Crippen LogP contribution in [0.3, 0.4) is 0 Å². The molecule has 4 rings (SSSR count). The molecule has 0 spiro atoms. The highest BCUT2D eigenvalue weighted by Gasteiger charge is 2.64. The Bertz CT molecular complexity index is 1290. The highest BCUT2D eigenvalue weighted by molar-refractivity contribution is 6.31. The quantitative estimate of drug-likeness (QED) is 0.398. The van der Waals surface area contributed by atoms with Crippen molar-refractivity contribution in [2.75, 3.05) is 13.7 Å². The summed E-state index contributed by atoms with van der Waals surface area (Å²) in [6.45, 7) is 9.00. The topological polar surface area (TPSA) is 102 Å². The highest BCUT2D eigenvalue weighted by Crippen LogP contribution is 2.55. The number of hydrogen-bond acceptors (Lipinski definition) is 6. The van der Waals surface area contributed by atoms with Crippen molar-refractivity contribution in [1.29, 1.82) is 5.26 Å². The van der Waals surface area contributed by atoms with Crippen molar-refractivity contribution < 1.29 is 14.3 Å². The SMILES string of the molecule is COCCCc1cn(-c2ccc(C(=O)NC3C(C)(C)C(Oc4ccc(C#N)c(Cl)c4)C3(C)C)cc2)nn1. The zero-order valence-corrected chi connectivity index (χ0v) is 22.5. The molecule has 1 N–H and O–H groups in total. The summed E-state index contributed by atoms with van der Waals surface area (Å²) in [6.07, 6.45) is 3.41. The Kier molecular flexibility index (Phi) is 7.58. The third-order valence-corrected chi connectivity index (χ3v) is 7.46. The first-order valence-corrected chi connectivity index (χ1v) is 12.6. The largest absolute Gasteiger partial charge is 0.489 e. The van der Waals surface area contributed by atoms with E-state index in [1.807, 2.05) is 18.3 Å². The maximum atomic E-state index is 13.2. The van der Waals surface area contributed by atoms with Crippen LogP contribution >= 0.6 is 11.6 Å². The second kappa shape index (κ2) is 10.5. The summed E-state index contributed by atoms with van der Waals surface area (Å²) in [6, 6.07) is 14.3. The zero-order valence-electron chi connectivity index (χ0n) is 21.8. The molecule has 0 aliphatic heterocycles. The van der Waals surface area contributed by atoms with Crippen LogP contribution in [0.25, 0.3) is 5.69 Å². The van der Waals surface area contributed by atoms with Gasteiger partial charge >= 0.3 is 0 Å². The first-order valence-electron chi connectivity index (χ1n) is 12.3. The molecule has 0 atom stereocenters. The Morgan fingerprint density at radius 1 is 1.16 bits per heavy atom. The Labute approximate surface area is 222 Å². The average Bonchev–Trinajstić information content (AvgIpc) is 3.34. The van der Waals surface area contributed by atoms with Crippen molar-refractivity contribution in [3.63, 3.8) is 0 Å². The summed E-state index contributed by atoms with van der Waals surface area (Å²) in [7, 11) is 1.68. The van der Waals surface area contributed by atoms with Crippen molar-refractivity contribution in [3.8, 4) is 17.5 Å². The van der Waals surface area contributed by atoms with Gasteiger partial charge in [-0.15, -0.1) is 5.10 Å². The molecule has 1 heterocycles. The molecule has 0 saturated heterocycles. The van der Waals surface area contributed by atoms with Crippen LogP contribution in [0.15, 0.2) is 48.7 Å². The average molecular weight is 522 g/mol. The fourth-order valence-corrected chi connectivity index (χ4v) is 5.73. The lowest BCUT2D eigenvalue weighted by Crippen LogP contribution is -2.74. The van der Waals surface area contributed by atoms with Crippen LogP contribution in [0.1, 0.15) is 55.7 Å². The molecule has 37 heavy (non-hydrogen) atoms. The van der Waals surface area contributed by atoms with E-state index in [2.05, 4.69) is 49.4 Å². The van der Waals surface area contributed by atoms with Gasteiger partial charge in [-0.2, -0.15) is 5.26 Å². The Morgan fingerprint density at radius 2 is 1.86 bits per heavy atom. The van der Waals surface area contributed by atoms with E-state index in [9.17, 15) is 4.79 Å². The predicted octanol–water partition coefficient (Wildman–Crippen LogP) is 4.98. The van der Waals surface area contributed by atoms with Crippen LogP contribution < -0.4 is 10.1 Å². The van der Waals surface area contributed by atoms with E-state index in [1.165, 1.54) is 0 Å². The van der Waals surface area contributed by atoms with Gasteiger partial charge in [0.15, 0.2) is 0 Å². The van der Waals surface area contributed by atoms with Crippen LogP contribution in [-0.2, 0) is 11.2 Å². The number of nitriles is 1. The molecule has 0 unspecified atom stereocenters. The minimum absolute atomic E-state index is 0.115. The normalized spacial score (nSPS) is 19.5. The van der Waals surface area contributed by atoms with Gasteiger partial charge in [-0.05, 0) is 49.2 Å². The van der Waals surface area contributed by atoms with Crippen LogP contribution in [0.4, 0.5) is 0 Å². The lowest BCUT2D eigenvalue weighted by Gasteiger charge is -2.63. The Hall–Kier alpha value is -3.41. The van der Waals surface area contributed by atoms with Gasteiger partial charge in [-0.25, -0.2) is 4.68 Å². The second-order valence-electron chi connectivity index (χ2n) is 10.6. The Balaban J connectivity index is 1.41. The fourth-order valence-electron chi connectivity index (χ4n) is 5.51. The van der Waals surface area contributed by atoms with Crippen molar-refractivity contribution in [2.24, 2.45) is 10.8 Å². The van der Waals surface area contributed by atoms with Crippen molar-refractivity contribution in [2.45, 2.75) is 52.7 Å². The highest BCUT2D eigenvalue weighted by atomic mass is 35.5. The fraction of sp³-hybridized carbons (Fsp3) is 0.429. The lowest BCUT2D eigenvalue weighted by atomic mass is 9.49. The summed E-state index contributed by atoms with van der Waals surface area (Å²) in [4.78, 5) is 13.2. The van der Waals surface area contributed by atoms with Gasteiger partial charge in [0.1, 0.15) is 17.9 Å². The van der Waals surface area contributed by atoms with E-state index in [1.54, 1.807) is 42.1 Å². The predicted molar refractivity (Wildman–Crippen MR) is 141 cm³/mol. The number of methoxy groups -OCH3 is 1. The van der Waals surface area contributed by atoms with Crippen molar-refractivity contribution in [3.05, 3.63) is 70.5 Å². The third kappa shape index (κ3) is 5.34. The molecular weight excluding hydrogens is 490 g/mol. The molecule has 1 fully saturated rings. The van der Waals surface area contributed by atoms with Crippen molar-refractivity contribution in [1.82, 2.24) is 20.3 Å². The third-order valence-electron chi connectivity index (χ3n) is 7.15. The van der Waals surface area contributed by atoms with Crippen LogP contribution in [0.5, 0.6) is 5.75 Å². The molecule has 8 nitrogen and oxygen atoms in total. The van der Waals surface area contributed by atoms with Gasteiger partial charge in [0.25, 0.3) is 5.91 Å². The summed E-state index contributed by atoms with van der Waals surface area (Å²) >= 11 is 6.19. The number of nitrogens with zero attached hydrogens (tertiary/aromatic N) is 4. The van der Waals surface area contributed by atoms with E-state index < -0.39 is 0 Å². The molecule has 1 aromatic heterocycles. The minimum Gasteiger partial charge on any atom is -0.489 e. The van der Waals surface area contributed by atoms with Gasteiger partial charge in [0.2, 0.25) is 0 Å². The van der Waals surface area contributed by atoms with E-state index in [0.717, 1.165) is 24.2 Å². The maximum absolute atomic E-state index is 13.2. The standard InChI is InChI=1S/C28H32ClN5O3/c1-27(2)25(28(3,4)26(27)37-22-13-10-19(16-30)23(29)15-22)31-24(35)18-8-11-21(12-9-18)34-17-20(32-33-34)7-6-14-36-5/h8-13,15,17,25-26H,6-7,14H2,1-5H3,(H,31,35). The second-order valence-corrected chi connectivity index (χ2v) is 11.0. The zero-order chi connectivity index (χ0) is 26.8. The van der Waals surface area contributed by atoms with E-state index >= 15 is 0 Å². The molecular formula is C28H32ClN5O3. The number of rotatable bonds is 9. The number of carbonyl (C=O) groups is 1. The van der Waals surface area contributed by atoms with Crippen LogP contribution in [-0.4, -0.2) is 46.8 Å². The van der Waals surface area contributed by atoms with Crippen LogP contribution in [0.2, 0.25) is 5.02 Å². The summed E-state index contributed by atoms with van der Waals surface area (Å²) in [5.41, 5.74) is 2.04. The van der Waals surface area contributed by atoms with Gasteiger partial charge in [-0.1, -0.05) is 44.5 Å². The van der Waals surface area contributed by atoms with E-state index in [4.69, 9.17) is 26.3 Å². The molecule has 2 aromatic carbocycles. The summed E-state index contributed by atoms with van der Waals surface area (Å²) < 4.78 is 13.1. The van der Waals surface area contributed by atoms with Gasteiger partial charge < -0.3 is 14.8 Å². The smallest absolute Gasteiger partial charge is 0.251 e. The maximum Gasteiger partial charge on any atom is 0.251 e. The number of aromatic nitrogens is 3. The molecule has 0 bridgehead atoms. The first-order chi connectivity index (χ1) is 17.6. The number of carbonyl (C=O) groups excluding carboxylic acids is 1. The monoisotopic (exact) mass is 521 g/mol. The summed E-state index contributed by atoms with van der Waals surface area (Å²) in [5, 5.41) is 21.1. The number of amides is 1. The minimum atomic E-state index is -0.334. The molecule has 1 aliphatic rings. The molecule has 1 aliphatic carbocycles. The lowest BCUT2D eigenvalue weighted by molar-refractivity contribution is -0.164. The van der Waals surface area contributed by atoms with E-state index in [0.29, 0.717) is 28.5 Å². The molecule has 0 radical (unpaired) electrons. The van der Waals surface area contributed by atoms with Gasteiger partial charge in [-0.3, -0.25) is 4.79 Å². The number of benzene rings is 2. The van der Waals surface area contributed by atoms with E-state index in [-0.39, 0.29) is 28.9 Å². The first kappa shape index (κ1) is 26.6. The number of halogens is 1. The molecule has 1 amide bonds. The summed E-state index contributed by atoms with van der Waals surface area (Å²) in [5.74, 6) is 0.460. The van der Waals surface area contributed by atoms with Gasteiger partial charge in [0.05, 0.1) is 28.2 Å². The molecule has 194 valence electrons.